The highest BCUT2D eigenvalue weighted by atomic mass is 79.9. The van der Waals surface area contributed by atoms with Gasteiger partial charge in [0.25, 0.3) is 0 Å². The molecule has 26 heavy (non-hydrogen) atoms. The van der Waals surface area contributed by atoms with Crippen LogP contribution < -0.4 is 0 Å². The third-order valence-corrected chi connectivity index (χ3v) is 5.33. The Balaban J connectivity index is 0.000000290. The number of piperidine rings is 1. The fourth-order valence-electron chi connectivity index (χ4n) is 2.69. The van der Waals surface area contributed by atoms with Crippen LogP contribution in [0.2, 0.25) is 0 Å². The molecule has 142 valence electrons. The maximum Gasteiger partial charge on any atom is 0.487 e. The van der Waals surface area contributed by atoms with E-state index in [1.54, 1.807) is 12.4 Å². The Labute approximate surface area is 163 Å². The van der Waals surface area contributed by atoms with Gasteiger partial charge in [-0.15, -0.1) is 0 Å². The molecule has 0 spiro atoms. The SMILES string of the molecule is Brc1cccnc1.CC1(C)OB(/C=C2/CCCN(C(=O)O)C2)OC1(C)C. The first-order valence-corrected chi connectivity index (χ1v) is 9.48. The zero-order chi connectivity index (χ0) is 19.4. The molecule has 0 saturated carbocycles. The highest BCUT2D eigenvalue weighted by Gasteiger charge is 2.50. The van der Waals surface area contributed by atoms with Gasteiger partial charge in [0.1, 0.15) is 0 Å². The molecule has 1 amide bonds. The van der Waals surface area contributed by atoms with Gasteiger partial charge in [-0.05, 0) is 68.6 Å². The summed E-state index contributed by atoms with van der Waals surface area (Å²) in [4.78, 5) is 16.2. The van der Waals surface area contributed by atoms with Crippen LogP contribution in [0.5, 0.6) is 0 Å². The predicted molar refractivity (Wildman–Crippen MR) is 105 cm³/mol. The van der Waals surface area contributed by atoms with Crippen LogP contribution >= 0.6 is 15.9 Å². The molecule has 0 bridgehead atoms. The van der Waals surface area contributed by atoms with Gasteiger partial charge < -0.3 is 19.3 Å². The molecule has 6 nitrogen and oxygen atoms in total. The van der Waals surface area contributed by atoms with Gasteiger partial charge in [0.15, 0.2) is 0 Å². The van der Waals surface area contributed by atoms with E-state index in [2.05, 4.69) is 20.9 Å². The van der Waals surface area contributed by atoms with Gasteiger partial charge in [-0.25, -0.2) is 4.79 Å². The average molecular weight is 425 g/mol. The van der Waals surface area contributed by atoms with Crippen molar-refractivity contribution in [3.8, 4) is 0 Å². The number of carboxylic acid groups (broad SMARTS) is 1. The van der Waals surface area contributed by atoms with E-state index < -0.39 is 6.09 Å². The molecule has 0 unspecified atom stereocenters. The van der Waals surface area contributed by atoms with Crippen molar-refractivity contribution in [2.24, 2.45) is 0 Å². The summed E-state index contributed by atoms with van der Waals surface area (Å²) in [7, 11) is -0.381. The minimum Gasteiger partial charge on any atom is -0.465 e. The summed E-state index contributed by atoms with van der Waals surface area (Å²) in [5.74, 6) is 1.94. The van der Waals surface area contributed by atoms with Crippen molar-refractivity contribution in [3.05, 3.63) is 40.5 Å². The maximum atomic E-state index is 11.0. The highest BCUT2D eigenvalue weighted by molar-refractivity contribution is 9.10. The number of nitrogens with zero attached hydrogens (tertiary/aromatic N) is 2. The zero-order valence-corrected chi connectivity index (χ0v) is 17.3. The van der Waals surface area contributed by atoms with Gasteiger partial charge in [-0.2, -0.15) is 0 Å². The summed E-state index contributed by atoms with van der Waals surface area (Å²) in [6.07, 6.45) is 4.40. The molecular formula is C18H26BBrN2O4. The average Bonchev–Trinajstić information content (AvgIpc) is 2.75. The van der Waals surface area contributed by atoms with Crippen LogP contribution in [0.25, 0.3) is 0 Å². The Kier molecular flexibility index (Phi) is 6.88. The maximum absolute atomic E-state index is 11.0. The predicted octanol–water partition coefficient (Wildman–Crippen LogP) is 4.16. The molecule has 1 N–H and O–H groups in total. The molecule has 1 aromatic heterocycles. The number of hydrogen-bond acceptors (Lipinski definition) is 4. The van der Waals surface area contributed by atoms with Crippen LogP contribution in [0, 0.1) is 0 Å². The summed E-state index contributed by atoms with van der Waals surface area (Å²) in [6.45, 7) is 9.10. The topological polar surface area (TPSA) is 71.9 Å². The fourth-order valence-corrected chi connectivity index (χ4v) is 2.96. The number of likely N-dealkylation sites (tertiary alicyclic amines) is 1. The lowest BCUT2D eigenvalue weighted by Crippen LogP contribution is -2.41. The molecule has 3 heterocycles. The molecule has 8 heteroatoms. The Morgan fingerprint density at radius 2 is 2.00 bits per heavy atom. The van der Waals surface area contributed by atoms with E-state index in [-0.39, 0.29) is 18.3 Å². The quantitative estimate of drug-likeness (QED) is 0.685. The number of rotatable bonds is 1. The Bertz CT molecular complexity index is 636. The highest BCUT2D eigenvalue weighted by Crippen LogP contribution is 2.37. The number of aromatic nitrogens is 1. The van der Waals surface area contributed by atoms with Crippen molar-refractivity contribution in [1.29, 1.82) is 0 Å². The standard InChI is InChI=1S/C13H22BNO4.C5H4BrN/c1-12(2)13(3,4)19-14(18-12)8-10-6-5-7-15(9-10)11(16)17;6-5-2-1-3-7-4-5/h8H,5-7,9H2,1-4H3,(H,16,17);1-4H/b10-8-;. The first kappa shape index (κ1) is 20.9. The van der Waals surface area contributed by atoms with Crippen molar-refractivity contribution in [3.63, 3.8) is 0 Å². The second kappa shape index (κ2) is 8.54. The number of halogens is 1. The van der Waals surface area contributed by atoms with Crippen LogP contribution in [0.3, 0.4) is 0 Å². The van der Waals surface area contributed by atoms with Gasteiger partial charge >= 0.3 is 13.2 Å². The number of amides is 1. The lowest BCUT2D eigenvalue weighted by atomic mass is 9.85. The Morgan fingerprint density at radius 3 is 2.46 bits per heavy atom. The smallest absolute Gasteiger partial charge is 0.465 e. The largest absolute Gasteiger partial charge is 0.487 e. The van der Waals surface area contributed by atoms with E-state index in [1.807, 2.05) is 45.8 Å². The molecule has 3 rings (SSSR count). The molecule has 2 aliphatic heterocycles. The minimum absolute atomic E-state index is 0.351. The molecule has 2 saturated heterocycles. The lowest BCUT2D eigenvalue weighted by molar-refractivity contribution is 0.00578. The molecule has 2 aliphatic rings. The molecule has 0 aliphatic carbocycles. The Hall–Kier alpha value is -1.38. The summed E-state index contributed by atoms with van der Waals surface area (Å²) in [5, 5.41) is 9.02. The summed E-state index contributed by atoms with van der Waals surface area (Å²) in [6, 6.07) is 3.82. The monoisotopic (exact) mass is 424 g/mol. The van der Waals surface area contributed by atoms with Gasteiger partial charge in [0, 0.05) is 30.0 Å². The molecule has 0 radical (unpaired) electrons. The molecule has 2 fully saturated rings. The van der Waals surface area contributed by atoms with Crippen molar-refractivity contribution in [2.75, 3.05) is 13.1 Å². The van der Waals surface area contributed by atoms with E-state index in [1.165, 1.54) is 4.90 Å². The van der Waals surface area contributed by atoms with E-state index in [9.17, 15) is 4.79 Å². The Morgan fingerprint density at radius 1 is 1.35 bits per heavy atom. The van der Waals surface area contributed by atoms with Crippen LogP contribution in [0.4, 0.5) is 4.79 Å². The summed E-state index contributed by atoms with van der Waals surface area (Å²) >= 11 is 3.25. The van der Waals surface area contributed by atoms with Crippen LogP contribution in [-0.2, 0) is 9.31 Å². The normalized spacial score (nSPS) is 22.7. The van der Waals surface area contributed by atoms with Gasteiger partial charge in [-0.1, -0.05) is 11.5 Å². The van der Waals surface area contributed by atoms with E-state index in [0.717, 1.165) is 22.9 Å². The third kappa shape index (κ3) is 5.56. The number of carbonyl (C=O) groups is 1. The van der Waals surface area contributed by atoms with E-state index >= 15 is 0 Å². The van der Waals surface area contributed by atoms with Gasteiger partial charge in [0.2, 0.25) is 0 Å². The van der Waals surface area contributed by atoms with E-state index in [4.69, 9.17) is 14.4 Å². The third-order valence-electron chi connectivity index (χ3n) is 4.86. The van der Waals surface area contributed by atoms with Crippen molar-refractivity contribution < 1.29 is 19.2 Å². The fraction of sp³-hybridized carbons (Fsp3) is 0.556. The zero-order valence-electron chi connectivity index (χ0n) is 15.7. The number of hydrogen-bond donors (Lipinski definition) is 1. The van der Waals surface area contributed by atoms with Crippen LogP contribution in [0.15, 0.2) is 40.5 Å². The molecule has 0 aromatic carbocycles. The summed E-state index contributed by atoms with van der Waals surface area (Å²) in [5.41, 5.74) is 0.373. The van der Waals surface area contributed by atoms with Crippen LogP contribution in [-0.4, -0.2) is 52.5 Å². The van der Waals surface area contributed by atoms with Crippen molar-refractivity contribution in [1.82, 2.24) is 9.88 Å². The van der Waals surface area contributed by atoms with Gasteiger partial charge in [0.05, 0.1) is 11.2 Å². The second-order valence-corrected chi connectivity index (χ2v) is 8.34. The first-order chi connectivity index (χ1) is 12.1. The number of pyridine rings is 1. The van der Waals surface area contributed by atoms with E-state index in [0.29, 0.717) is 13.1 Å². The second-order valence-electron chi connectivity index (χ2n) is 7.43. The molecule has 0 atom stereocenters. The summed E-state index contributed by atoms with van der Waals surface area (Å²) < 4.78 is 12.8. The minimum atomic E-state index is -0.862. The van der Waals surface area contributed by atoms with Gasteiger partial charge in [-0.3, -0.25) is 4.98 Å². The molecule has 1 aromatic rings. The van der Waals surface area contributed by atoms with Crippen molar-refractivity contribution in [2.45, 2.75) is 51.7 Å². The van der Waals surface area contributed by atoms with Crippen molar-refractivity contribution >= 4 is 29.1 Å². The van der Waals surface area contributed by atoms with Crippen LogP contribution in [0.1, 0.15) is 40.5 Å². The first-order valence-electron chi connectivity index (χ1n) is 8.69. The lowest BCUT2D eigenvalue weighted by Gasteiger charge is -2.32. The molecular weight excluding hydrogens is 399 g/mol.